The highest BCUT2D eigenvalue weighted by molar-refractivity contribution is 9.10. The van der Waals surface area contributed by atoms with E-state index < -0.39 is 11.8 Å². The minimum absolute atomic E-state index is 0.238. The van der Waals surface area contributed by atoms with Crippen molar-refractivity contribution in [3.63, 3.8) is 0 Å². The van der Waals surface area contributed by atoms with Gasteiger partial charge in [-0.1, -0.05) is 20.8 Å². The fourth-order valence-electron chi connectivity index (χ4n) is 1.10. The van der Waals surface area contributed by atoms with Crippen molar-refractivity contribution in [2.45, 2.75) is 27.1 Å². The predicted octanol–water partition coefficient (Wildman–Crippen LogP) is 4.33. The number of alkyl halides is 3. The number of ether oxygens (including phenoxy) is 1. The maximum Gasteiger partial charge on any atom is 0.573 e. The van der Waals surface area contributed by atoms with E-state index in [1.165, 1.54) is 6.07 Å². The standard InChI is InChI=1S/C12H13BrF3NO2/c1-11(2,3)10(18)17-9-5-4-7(6-8(9)13)19-12(14,15)16/h4-6H,1-3H3,(H,17,18). The molecule has 0 saturated heterocycles. The number of hydrogen-bond donors (Lipinski definition) is 1. The molecule has 1 aromatic carbocycles. The molecular weight excluding hydrogens is 327 g/mol. The molecule has 0 unspecified atom stereocenters. The van der Waals surface area contributed by atoms with Crippen molar-refractivity contribution in [1.29, 1.82) is 0 Å². The van der Waals surface area contributed by atoms with Gasteiger partial charge in [0.1, 0.15) is 5.75 Å². The van der Waals surface area contributed by atoms with E-state index in [-0.39, 0.29) is 11.7 Å². The smallest absolute Gasteiger partial charge is 0.406 e. The third-order valence-electron chi connectivity index (χ3n) is 2.10. The Morgan fingerprint density at radius 1 is 1.26 bits per heavy atom. The van der Waals surface area contributed by atoms with Crippen LogP contribution in [0, 0.1) is 5.41 Å². The van der Waals surface area contributed by atoms with E-state index in [9.17, 15) is 18.0 Å². The highest BCUT2D eigenvalue weighted by Crippen LogP contribution is 2.31. The molecule has 7 heteroatoms. The highest BCUT2D eigenvalue weighted by Gasteiger charge is 2.31. The molecule has 1 rings (SSSR count). The van der Waals surface area contributed by atoms with Gasteiger partial charge >= 0.3 is 6.36 Å². The molecule has 1 aromatic rings. The molecule has 19 heavy (non-hydrogen) atoms. The van der Waals surface area contributed by atoms with Crippen molar-refractivity contribution in [2.75, 3.05) is 5.32 Å². The van der Waals surface area contributed by atoms with Crippen LogP contribution in [-0.4, -0.2) is 12.3 Å². The minimum Gasteiger partial charge on any atom is -0.406 e. The second-order valence-corrected chi connectivity index (χ2v) is 5.75. The lowest BCUT2D eigenvalue weighted by Gasteiger charge is -2.18. The Morgan fingerprint density at radius 2 is 1.84 bits per heavy atom. The average molecular weight is 340 g/mol. The van der Waals surface area contributed by atoms with Crippen molar-refractivity contribution >= 4 is 27.5 Å². The van der Waals surface area contributed by atoms with Crippen LogP contribution >= 0.6 is 15.9 Å². The zero-order valence-electron chi connectivity index (χ0n) is 10.6. The number of carbonyl (C=O) groups excluding carboxylic acids is 1. The Balaban J connectivity index is 2.87. The summed E-state index contributed by atoms with van der Waals surface area (Å²) in [5, 5.41) is 2.62. The van der Waals surface area contributed by atoms with Crippen molar-refractivity contribution in [1.82, 2.24) is 0 Å². The van der Waals surface area contributed by atoms with E-state index in [2.05, 4.69) is 26.0 Å². The van der Waals surface area contributed by atoms with Crippen molar-refractivity contribution < 1.29 is 22.7 Å². The summed E-state index contributed by atoms with van der Waals surface area (Å²) in [6.45, 7) is 5.20. The van der Waals surface area contributed by atoms with Gasteiger partial charge in [0.05, 0.1) is 5.69 Å². The van der Waals surface area contributed by atoms with E-state index in [0.717, 1.165) is 12.1 Å². The second-order valence-electron chi connectivity index (χ2n) is 4.89. The van der Waals surface area contributed by atoms with Gasteiger partial charge in [-0.25, -0.2) is 0 Å². The molecule has 0 saturated carbocycles. The van der Waals surface area contributed by atoms with Gasteiger partial charge in [-0.3, -0.25) is 4.79 Å². The third-order valence-corrected chi connectivity index (χ3v) is 2.76. The van der Waals surface area contributed by atoms with Gasteiger partial charge in [-0.05, 0) is 34.1 Å². The van der Waals surface area contributed by atoms with Crippen molar-refractivity contribution in [3.8, 4) is 5.75 Å². The number of anilines is 1. The largest absolute Gasteiger partial charge is 0.573 e. The van der Waals surface area contributed by atoms with Crippen LogP contribution in [0.3, 0.4) is 0 Å². The van der Waals surface area contributed by atoms with E-state index in [0.29, 0.717) is 10.2 Å². The fraction of sp³-hybridized carbons (Fsp3) is 0.417. The number of amides is 1. The summed E-state index contributed by atoms with van der Waals surface area (Å²) in [6, 6.07) is 3.62. The molecule has 0 aromatic heterocycles. The monoisotopic (exact) mass is 339 g/mol. The first-order chi connectivity index (χ1) is 8.49. The zero-order chi connectivity index (χ0) is 14.8. The van der Waals surface area contributed by atoms with Gasteiger partial charge in [-0.2, -0.15) is 0 Å². The van der Waals surface area contributed by atoms with Crippen LogP contribution in [0.5, 0.6) is 5.75 Å². The molecule has 0 aliphatic carbocycles. The molecular formula is C12H13BrF3NO2. The van der Waals surface area contributed by atoms with E-state index in [1.54, 1.807) is 20.8 Å². The van der Waals surface area contributed by atoms with E-state index in [1.807, 2.05) is 0 Å². The molecule has 0 heterocycles. The lowest BCUT2D eigenvalue weighted by atomic mass is 9.95. The summed E-state index contributed by atoms with van der Waals surface area (Å²) >= 11 is 3.09. The first kappa shape index (κ1) is 15.8. The van der Waals surface area contributed by atoms with Crippen LogP contribution in [0.4, 0.5) is 18.9 Å². The number of benzene rings is 1. The quantitative estimate of drug-likeness (QED) is 0.870. The Bertz CT molecular complexity index is 481. The molecule has 0 bridgehead atoms. The lowest BCUT2D eigenvalue weighted by Crippen LogP contribution is -2.27. The summed E-state index contributed by atoms with van der Waals surface area (Å²) in [7, 11) is 0. The molecule has 106 valence electrons. The zero-order valence-corrected chi connectivity index (χ0v) is 12.1. The first-order valence-electron chi connectivity index (χ1n) is 5.36. The van der Waals surface area contributed by atoms with Gasteiger partial charge in [0.25, 0.3) is 0 Å². The van der Waals surface area contributed by atoms with Gasteiger partial charge in [0.15, 0.2) is 0 Å². The van der Waals surface area contributed by atoms with Crippen LogP contribution < -0.4 is 10.1 Å². The molecule has 0 aliphatic rings. The normalized spacial score (nSPS) is 12.2. The van der Waals surface area contributed by atoms with Crippen molar-refractivity contribution in [2.24, 2.45) is 5.41 Å². The number of nitrogens with one attached hydrogen (secondary N) is 1. The minimum atomic E-state index is -4.74. The van der Waals surface area contributed by atoms with Crippen LogP contribution in [0.25, 0.3) is 0 Å². The molecule has 3 nitrogen and oxygen atoms in total. The number of rotatable bonds is 2. The fourth-order valence-corrected chi connectivity index (χ4v) is 1.56. The summed E-state index contributed by atoms with van der Waals surface area (Å²) in [6.07, 6.45) is -4.74. The van der Waals surface area contributed by atoms with E-state index >= 15 is 0 Å². The highest BCUT2D eigenvalue weighted by atomic mass is 79.9. The summed E-state index contributed by atoms with van der Waals surface area (Å²) in [5.41, 5.74) is -0.213. The summed E-state index contributed by atoms with van der Waals surface area (Å²) in [4.78, 5) is 11.8. The van der Waals surface area contributed by atoms with Gasteiger partial charge in [-0.15, -0.1) is 13.2 Å². The number of hydrogen-bond acceptors (Lipinski definition) is 2. The molecule has 0 spiro atoms. The maximum atomic E-state index is 12.0. The third kappa shape index (κ3) is 5.10. The molecule has 1 amide bonds. The van der Waals surface area contributed by atoms with Crippen LogP contribution in [0.2, 0.25) is 0 Å². The van der Waals surface area contributed by atoms with E-state index in [4.69, 9.17) is 0 Å². The number of carbonyl (C=O) groups is 1. The molecule has 0 atom stereocenters. The van der Waals surface area contributed by atoms with Crippen LogP contribution in [0.15, 0.2) is 22.7 Å². The SMILES string of the molecule is CC(C)(C)C(=O)Nc1ccc(OC(F)(F)F)cc1Br. The molecule has 0 radical (unpaired) electrons. The Hall–Kier alpha value is -1.24. The number of halogens is 4. The Morgan fingerprint density at radius 3 is 2.26 bits per heavy atom. The molecule has 1 N–H and O–H groups in total. The molecule has 0 fully saturated rings. The average Bonchev–Trinajstić information content (AvgIpc) is 2.18. The summed E-state index contributed by atoms with van der Waals surface area (Å²) in [5.74, 6) is -0.592. The Kier molecular flexibility index (Phi) is 4.50. The lowest BCUT2D eigenvalue weighted by molar-refractivity contribution is -0.274. The maximum absolute atomic E-state index is 12.0. The van der Waals surface area contributed by atoms with Crippen LogP contribution in [-0.2, 0) is 4.79 Å². The topological polar surface area (TPSA) is 38.3 Å². The summed E-state index contributed by atoms with van der Waals surface area (Å²) < 4.78 is 40.2. The van der Waals surface area contributed by atoms with Gasteiger partial charge in [0, 0.05) is 9.89 Å². The van der Waals surface area contributed by atoms with Gasteiger partial charge in [0.2, 0.25) is 5.91 Å². The predicted molar refractivity (Wildman–Crippen MR) is 68.9 cm³/mol. The van der Waals surface area contributed by atoms with Crippen LogP contribution in [0.1, 0.15) is 20.8 Å². The first-order valence-corrected chi connectivity index (χ1v) is 6.15. The Labute approximate surface area is 117 Å². The molecule has 0 aliphatic heterocycles. The van der Waals surface area contributed by atoms with Gasteiger partial charge < -0.3 is 10.1 Å². The van der Waals surface area contributed by atoms with Crippen molar-refractivity contribution in [3.05, 3.63) is 22.7 Å². The second kappa shape index (κ2) is 5.40.